The van der Waals surface area contributed by atoms with Crippen LogP contribution in [0.15, 0.2) is 30.6 Å². The Bertz CT molecular complexity index is 744. The molecule has 1 heterocycles. The number of nitrogens with zero attached hydrogens (tertiary/aromatic N) is 2. The van der Waals surface area contributed by atoms with E-state index in [9.17, 15) is 17.2 Å². The average molecular weight is 329 g/mol. The van der Waals surface area contributed by atoms with Gasteiger partial charge in [-0.15, -0.1) is 0 Å². The maximum absolute atomic E-state index is 13.5. The maximum Gasteiger partial charge on any atom is 0.211 e. The van der Waals surface area contributed by atoms with E-state index >= 15 is 0 Å². The molecule has 0 aliphatic rings. The summed E-state index contributed by atoms with van der Waals surface area (Å²) < 4.78 is 53.1. The van der Waals surface area contributed by atoms with Crippen molar-refractivity contribution in [2.24, 2.45) is 0 Å². The lowest BCUT2D eigenvalue weighted by Gasteiger charge is -2.13. The van der Waals surface area contributed by atoms with Crippen molar-refractivity contribution >= 4 is 10.0 Å². The van der Waals surface area contributed by atoms with Crippen LogP contribution in [-0.2, 0) is 16.6 Å². The monoisotopic (exact) mass is 329 g/mol. The number of aromatic nitrogens is 2. The van der Waals surface area contributed by atoms with E-state index < -0.39 is 22.5 Å². The summed E-state index contributed by atoms with van der Waals surface area (Å²) in [4.78, 5) is 4.09. The summed E-state index contributed by atoms with van der Waals surface area (Å²) in [5, 5.41) is 0. The zero-order chi connectivity index (χ0) is 16.2. The number of aryl methyl sites for hydroxylation is 1. The first kappa shape index (κ1) is 16.6. The van der Waals surface area contributed by atoms with Crippen LogP contribution >= 0.6 is 0 Å². The molecular formula is C14H17F2N3O2S. The van der Waals surface area contributed by atoms with Crippen molar-refractivity contribution in [2.45, 2.75) is 19.9 Å². The van der Waals surface area contributed by atoms with Crippen molar-refractivity contribution in [1.29, 1.82) is 0 Å². The summed E-state index contributed by atoms with van der Waals surface area (Å²) in [5.41, 5.74) is 1.12. The molecule has 0 atom stereocenters. The summed E-state index contributed by atoms with van der Waals surface area (Å²) in [6, 6.07) is 4.14. The van der Waals surface area contributed by atoms with E-state index in [4.69, 9.17) is 0 Å². The number of alkyl halides is 1. The Labute approximate surface area is 128 Å². The molecule has 0 aliphatic heterocycles. The van der Waals surface area contributed by atoms with E-state index in [1.807, 2.05) is 0 Å². The Morgan fingerprint density at radius 1 is 1.36 bits per heavy atom. The molecule has 1 aromatic carbocycles. The fourth-order valence-electron chi connectivity index (χ4n) is 2.07. The third-order valence-corrected chi connectivity index (χ3v) is 4.57. The minimum absolute atomic E-state index is 0.0635. The fourth-order valence-corrected chi connectivity index (χ4v) is 3.08. The lowest BCUT2D eigenvalue weighted by atomic mass is 10.1. The molecule has 5 nitrogen and oxygen atoms in total. The first-order valence-corrected chi connectivity index (χ1v) is 8.40. The molecule has 0 saturated heterocycles. The zero-order valence-electron chi connectivity index (χ0n) is 12.1. The van der Waals surface area contributed by atoms with Gasteiger partial charge in [0, 0.05) is 18.9 Å². The second kappa shape index (κ2) is 6.97. The number of rotatable bonds is 7. The van der Waals surface area contributed by atoms with Crippen LogP contribution in [0.5, 0.6) is 0 Å². The molecule has 2 aromatic rings. The first-order valence-electron chi connectivity index (χ1n) is 6.75. The van der Waals surface area contributed by atoms with Gasteiger partial charge in [0.2, 0.25) is 10.0 Å². The molecule has 2 rings (SSSR count). The Hall–Kier alpha value is -1.80. The van der Waals surface area contributed by atoms with Gasteiger partial charge in [-0.2, -0.15) is 0 Å². The average Bonchev–Trinajstić information content (AvgIpc) is 2.89. The van der Waals surface area contributed by atoms with E-state index in [0.29, 0.717) is 17.1 Å². The van der Waals surface area contributed by atoms with Crippen LogP contribution in [0.3, 0.4) is 0 Å². The highest BCUT2D eigenvalue weighted by Gasteiger charge is 2.13. The first-order chi connectivity index (χ1) is 10.4. The smallest absolute Gasteiger partial charge is 0.211 e. The molecule has 1 aromatic heterocycles. The van der Waals surface area contributed by atoms with Gasteiger partial charge >= 0.3 is 0 Å². The quantitative estimate of drug-likeness (QED) is 0.846. The maximum atomic E-state index is 13.5. The highest BCUT2D eigenvalue weighted by Crippen LogP contribution is 2.18. The van der Waals surface area contributed by atoms with Gasteiger partial charge in [-0.3, -0.25) is 4.39 Å². The molecule has 0 amide bonds. The predicted octanol–water partition coefficient (Wildman–Crippen LogP) is 2.10. The number of imidazole rings is 1. The lowest BCUT2D eigenvalue weighted by molar-refractivity contribution is 0.483. The molecule has 0 unspecified atom stereocenters. The highest BCUT2D eigenvalue weighted by molar-refractivity contribution is 7.89. The summed E-state index contributed by atoms with van der Waals surface area (Å²) in [5.74, 6) is -0.0502. The molecule has 0 saturated carbocycles. The van der Waals surface area contributed by atoms with E-state index in [0.717, 1.165) is 0 Å². The van der Waals surface area contributed by atoms with Gasteiger partial charge in [-0.1, -0.05) is 0 Å². The van der Waals surface area contributed by atoms with Gasteiger partial charge in [0.15, 0.2) is 0 Å². The largest absolute Gasteiger partial charge is 0.304 e. The molecule has 22 heavy (non-hydrogen) atoms. The number of benzene rings is 1. The normalized spacial score (nSPS) is 11.8. The van der Waals surface area contributed by atoms with E-state index in [1.165, 1.54) is 12.1 Å². The van der Waals surface area contributed by atoms with Crippen LogP contribution in [0.4, 0.5) is 8.78 Å². The third kappa shape index (κ3) is 4.11. The van der Waals surface area contributed by atoms with Crippen LogP contribution in [0.2, 0.25) is 0 Å². The SMILES string of the molecule is Cc1nccn1-c1ccc(F)cc1CNS(=O)(=O)CCCF. The topological polar surface area (TPSA) is 64.0 Å². The van der Waals surface area contributed by atoms with Crippen molar-refractivity contribution in [3.63, 3.8) is 0 Å². The standard InChI is InChI=1S/C14H17F2N3O2S/c1-11-17-6-7-19(11)14-4-3-13(16)9-12(14)10-18-22(20,21)8-2-5-15/h3-4,6-7,9,18H,2,5,8,10H2,1H3. The molecule has 0 bridgehead atoms. The fraction of sp³-hybridized carbons (Fsp3) is 0.357. The van der Waals surface area contributed by atoms with Gasteiger partial charge in [0.25, 0.3) is 0 Å². The highest BCUT2D eigenvalue weighted by atomic mass is 32.2. The molecule has 0 spiro atoms. The molecule has 0 radical (unpaired) electrons. The van der Waals surface area contributed by atoms with Crippen molar-refractivity contribution in [2.75, 3.05) is 12.4 Å². The van der Waals surface area contributed by atoms with Crippen LogP contribution in [0.25, 0.3) is 5.69 Å². The molecule has 8 heteroatoms. The van der Waals surface area contributed by atoms with E-state index in [-0.39, 0.29) is 18.7 Å². The van der Waals surface area contributed by atoms with Crippen LogP contribution in [-0.4, -0.2) is 30.4 Å². The Kier molecular flexibility index (Phi) is 5.25. The van der Waals surface area contributed by atoms with Crippen molar-refractivity contribution < 1.29 is 17.2 Å². The van der Waals surface area contributed by atoms with Gasteiger partial charge in [-0.25, -0.2) is 22.5 Å². The molecule has 1 N–H and O–H groups in total. The second-order valence-corrected chi connectivity index (χ2v) is 6.73. The number of halogens is 2. The number of sulfonamides is 1. The van der Waals surface area contributed by atoms with Gasteiger partial charge < -0.3 is 4.57 Å². The van der Waals surface area contributed by atoms with Gasteiger partial charge in [0.05, 0.1) is 18.1 Å². The van der Waals surface area contributed by atoms with Gasteiger partial charge in [0.1, 0.15) is 11.6 Å². The van der Waals surface area contributed by atoms with E-state index in [1.54, 1.807) is 30.0 Å². The summed E-state index contributed by atoms with van der Waals surface area (Å²) in [7, 11) is -3.59. The summed E-state index contributed by atoms with van der Waals surface area (Å²) in [6.07, 6.45) is 3.25. The number of nitrogens with one attached hydrogen (secondary N) is 1. The van der Waals surface area contributed by atoms with E-state index in [2.05, 4.69) is 9.71 Å². The summed E-state index contributed by atoms with van der Waals surface area (Å²) in [6.45, 7) is 1.03. The second-order valence-electron chi connectivity index (χ2n) is 4.80. The molecule has 120 valence electrons. The molecule has 0 fully saturated rings. The van der Waals surface area contributed by atoms with Crippen LogP contribution in [0, 0.1) is 12.7 Å². The Morgan fingerprint density at radius 2 is 2.14 bits per heavy atom. The predicted molar refractivity (Wildman–Crippen MR) is 79.5 cm³/mol. The third-order valence-electron chi connectivity index (χ3n) is 3.16. The molecular weight excluding hydrogens is 312 g/mol. The minimum atomic E-state index is -3.59. The Morgan fingerprint density at radius 3 is 2.77 bits per heavy atom. The van der Waals surface area contributed by atoms with Crippen LogP contribution < -0.4 is 4.72 Å². The van der Waals surface area contributed by atoms with Crippen LogP contribution in [0.1, 0.15) is 17.8 Å². The zero-order valence-corrected chi connectivity index (χ0v) is 12.9. The van der Waals surface area contributed by atoms with Crippen molar-refractivity contribution in [1.82, 2.24) is 14.3 Å². The lowest BCUT2D eigenvalue weighted by Crippen LogP contribution is -2.26. The van der Waals surface area contributed by atoms with Crippen molar-refractivity contribution in [3.05, 3.63) is 47.8 Å². The van der Waals surface area contributed by atoms with Gasteiger partial charge in [-0.05, 0) is 37.1 Å². The minimum Gasteiger partial charge on any atom is -0.304 e. The number of hydrogen-bond acceptors (Lipinski definition) is 3. The number of hydrogen-bond donors (Lipinski definition) is 1. The van der Waals surface area contributed by atoms with Crippen molar-refractivity contribution in [3.8, 4) is 5.69 Å². The molecule has 0 aliphatic carbocycles. The summed E-state index contributed by atoms with van der Waals surface area (Å²) >= 11 is 0. The Balaban J connectivity index is 2.24.